The van der Waals surface area contributed by atoms with E-state index < -0.39 is 0 Å². The second-order valence-corrected chi connectivity index (χ2v) is 5.86. The van der Waals surface area contributed by atoms with Crippen molar-refractivity contribution in [2.45, 2.75) is 12.8 Å². The number of hydrogen-bond acceptors (Lipinski definition) is 3. The van der Waals surface area contributed by atoms with Crippen molar-refractivity contribution in [3.8, 4) is 0 Å². The van der Waals surface area contributed by atoms with Crippen LogP contribution in [0.5, 0.6) is 0 Å². The summed E-state index contributed by atoms with van der Waals surface area (Å²) in [6.45, 7) is 3.90. The summed E-state index contributed by atoms with van der Waals surface area (Å²) in [6, 6.07) is 14.0. The van der Waals surface area contributed by atoms with Gasteiger partial charge in [-0.1, -0.05) is 30.3 Å². The van der Waals surface area contributed by atoms with Gasteiger partial charge in [0.2, 0.25) is 0 Å². The van der Waals surface area contributed by atoms with Crippen LogP contribution in [0.4, 0.5) is 0 Å². The van der Waals surface area contributed by atoms with Gasteiger partial charge in [-0.25, -0.2) is 0 Å². The van der Waals surface area contributed by atoms with E-state index in [2.05, 4.69) is 17.1 Å². The number of hydrogen-bond donors (Lipinski definition) is 1. The molecule has 1 aromatic carbocycles. The van der Waals surface area contributed by atoms with Crippen LogP contribution in [0.25, 0.3) is 0 Å². The molecule has 1 fully saturated rings. The fraction of sp³-hybridized carbons (Fsp3) is 0.333. The summed E-state index contributed by atoms with van der Waals surface area (Å²) in [6.07, 6.45) is 1.71. The van der Waals surface area contributed by atoms with Crippen LogP contribution in [-0.4, -0.2) is 35.4 Å². The summed E-state index contributed by atoms with van der Waals surface area (Å²) >= 11 is 0. The summed E-state index contributed by atoms with van der Waals surface area (Å²) in [5.41, 5.74) is 8.67. The fourth-order valence-corrected chi connectivity index (χ4v) is 3.23. The summed E-state index contributed by atoms with van der Waals surface area (Å²) in [5, 5.41) is 0. The third kappa shape index (κ3) is 2.74. The fourth-order valence-electron chi connectivity index (χ4n) is 3.23. The van der Waals surface area contributed by atoms with E-state index in [1.165, 1.54) is 5.56 Å². The molecule has 1 aromatic heterocycles. The molecule has 1 aliphatic rings. The number of carbonyl (C=O) groups is 1. The Hall–Kier alpha value is -2.20. The Kier molecular flexibility index (Phi) is 4.20. The zero-order chi connectivity index (χ0) is 15.5. The molecule has 0 bridgehead atoms. The van der Waals surface area contributed by atoms with E-state index in [9.17, 15) is 4.79 Å². The maximum atomic E-state index is 12.8. The molecule has 2 heterocycles. The van der Waals surface area contributed by atoms with Crippen molar-refractivity contribution < 1.29 is 4.79 Å². The maximum absolute atomic E-state index is 12.8. The number of amides is 1. The number of nitrogens with zero attached hydrogens (tertiary/aromatic N) is 2. The predicted octanol–water partition coefficient (Wildman–Crippen LogP) is 2.20. The molecule has 0 spiro atoms. The van der Waals surface area contributed by atoms with Gasteiger partial charge in [-0.3, -0.25) is 9.78 Å². The molecule has 1 saturated heterocycles. The van der Waals surface area contributed by atoms with Gasteiger partial charge in [0.25, 0.3) is 5.91 Å². The van der Waals surface area contributed by atoms with Gasteiger partial charge in [-0.2, -0.15) is 0 Å². The molecule has 2 N–H and O–H groups in total. The minimum absolute atomic E-state index is 0.0579. The lowest BCUT2D eigenvalue weighted by Gasteiger charge is -2.17. The van der Waals surface area contributed by atoms with Crippen LogP contribution in [0.2, 0.25) is 0 Å². The first kappa shape index (κ1) is 14.7. The normalized spacial score (nSPS) is 21.1. The topological polar surface area (TPSA) is 59.2 Å². The third-order valence-electron chi connectivity index (χ3n) is 4.50. The van der Waals surface area contributed by atoms with Crippen LogP contribution < -0.4 is 5.73 Å². The molecule has 2 atom stereocenters. The van der Waals surface area contributed by atoms with Gasteiger partial charge in [0, 0.05) is 30.9 Å². The Morgan fingerprint density at radius 3 is 2.68 bits per heavy atom. The number of likely N-dealkylation sites (tertiary alicyclic amines) is 1. The first-order chi connectivity index (χ1) is 10.7. The Morgan fingerprint density at radius 2 is 2.00 bits per heavy atom. The van der Waals surface area contributed by atoms with E-state index in [1.807, 2.05) is 42.2 Å². The van der Waals surface area contributed by atoms with Crippen LogP contribution in [0, 0.1) is 12.8 Å². The molecular formula is C18H21N3O. The van der Waals surface area contributed by atoms with E-state index in [1.54, 1.807) is 6.20 Å². The van der Waals surface area contributed by atoms with Gasteiger partial charge >= 0.3 is 0 Å². The van der Waals surface area contributed by atoms with Crippen LogP contribution in [0.15, 0.2) is 48.7 Å². The summed E-state index contributed by atoms with van der Waals surface area (Å²) in [5.74, 6) is 0.679. The van der Waals surface area contributed by atoms with Crippen molar-refractivity contribution >= 4 is 5.91 Å². The molecule has 0 unspecified atom stereocenters. The van der Waals surface area contributed by atoms with Crippen molar-refractivity contribution in [3.05, 3.63) is 65.5 Å². The first-order valence-electron chi connectivity index (χ1n) is 7.66. The average molecular weight is 295 g/mol. The number of aromatic nitrogens is 1. The highest BCUT2D eigenvalue weighted by Crippen LogP contribution is 2.32. The summed E-state index contributed by atoms with van der Waals surface area (Å²) < 4.78 is 0. The van der Waals surface area contributed by atoms with Gasteiger partial charge < -0.3 is 10.6 Å². The van der Waals surface area contributed by atoms with Crippen LogP contribution in [0.1, 0.15) is 27.5 Å². The average Bonchev–Trinajstić information content (AvgIpc) is 3.00. The zero-order valence-electron chi connectivity index (χ0n) is 12.8. The quantitative estimate of drug-likeness (QED) is 0.944. The lowest BCUT2D eigenvalue weighted by molar-refractivity contribution is 0.0785. The smallest absolute Gasteiger partial charge is 0.255 e. The van der Waals surface area contributed by atoms with Crippen molar-refractivity contribution in [1.29, 1.82) is 0 Å². The largest absolute Gasteiger partial charge is 0.338 e. The molecule has 0 radical (unpaired) electrons. The maximum Gasteiger partial charge on any atom is 0.255 e. The van der Waals surface area contributed by atoms with E-state index in [4.69, 9.17) is 5.73 Å². The molecule has 1 aliphatic heterocycles. The third-order valence-corrected chi connectivity index (χ3v) is 4.50. The van der Waals surface area contributed by atoms with Crippen LogP contribution >= 0.6 is 0 Å². The molecule has 4 nitrogen and oxygen atoms in total. The lowest BCUT2D eigenvalue weighted by Crippen LogP contribution is -2.30. The Labute approximate surface area is 131 Å². The van der Waals surface area contributed by atoms with Crippen molar-refractivity contribution in [3.63, 3.8) is 0 Å². The number of carbonyl (C=O) groups excluding carboxylic acids is 1. The molecule has 0 aliphatic carbocycles. The Morgan fingerprint density at radius 1 is 1.23 bits per heavy atom. The molecule has 0 saturated carbocycles. The summed E-state index contributed by atoms with van der Waals surface area (Å²) in [4.78, 5) is 18.9. The summed E-state index contributed by atoms with van der Waals surface area (Å²) in [7, 11) is 0. The van der Waals surface area contributed by atoms with E-state index >= 15 is 0 Å². The van der Waals surface area contributed by atoms with Gasteiger partial charge in [-0.05, 0) is 37.1 Å². The van der Waals surface area contributed by atoms with Crippen LogP contribution in [-0.2, 0) is 0 Å². The standard InChI is InChI=1S/C18H21N3O/c1-13-16(8-5-9-20-13)18(22)21-11-15(10-19)17(12-21)14-6-3-2-4-7-14/h2-9,15,17H,10-12,19H2,1H3/t15-,17+/m1/s1. The highest BCUT2D eigenvalue weighted by molar-refractivity contribution is 5.95. The Balaban J connectivity index is 1.83. The highest BCUT2D eigenvalue weighted by Gasteiger charge is 2.35. The Bertz CT molecular complexity index is 656. The van der Waals surface area contributed by atoms with Gasteiger partial charge in [0.05, 0.1) is 5.56 Å². The van der Waals surface area contributed by atoms with E-state index in [-0.39, 0.29) is 5.91 Å². The number of rotatable bonds is 3. The number of benzene rings is 1. The van der Waals surface area contributed by atoms with Crippen molar-refractivity contribution in [1.82, 2.24) is 9.88 Å². The van der Waals surface area contributed by atoms with Gasteiger partial charge in [-0.15, -0.1) is 0 Å². The predicted molar refractivity (Wildman–Crippen MR) is 86.6 cm³/mol. The molecule has 2 aromatic rings. The zero-order valence-corrected chi connectivity index (χ0v) is 12.8. The molecular weight excluding hydrogens is 274 g/mol. The second-order valence-electron chi connectivity index (χ2n) is 5.86. The van der Waals surface area contributed by atoms with Crippen LogP contribution in [0.3, 0.4) is 0 Å². The molecule has 4 heteroatoms. The molecule has 22 heavy (non-hydrogen) atoms. The second kappa shape index (κ2) is 6.28. The highest BCUT2D eigenvalue weighted by atomic mass is 16.2. The molecule has 114 valence electrons. The van der Waals surface area contributed by atoms with E-state index in [0.717, 1.165) is 12.2 Å². The number of aryl methyl sites for hydroxylation is 1. The van der Waals surface area contributed by atoms with Crippen molar-refractivity contribution in [2.75, 3.05) is 19.6 Å². The molecule has 1 amide bonds. The van der Waals surface area contributed by atoms with E-state index in [0.29, 0.717) is 30.5 Å². The van der Waals surface area contributed by atoms with Gasteiger partial charge in [0.15, 0.2) is 0 Å². The van der Waals surface area contributed by atoms with Crippen molar-refractivity contribution in [2.24, 2.45) is 11.7 Å². The minimum atomic E-state index is 0.0579. The number of nitrogens with two attached hydrogens (primary N) is 1. The first-order valence-corrected chi connectivity index (χ1v) is 7.66. The minimum Gasteiger partial charge on any atom is -0.338 e. The number of pyridine rings is 1. The van der Waals surface area contributed by atoms with Gasteiger partial charge in [0.1, 0.15) is 0 Å². The SMILES string of the molecule is Cc1ncccc1C(=O)N1C[C@@H](CN)[C@H](c2ccccc2)C1. The lowest BCUT2D eigenvalue weighted by atomic mass is 9.89. The monoisotopic (exact) mass is 295 g/mol. The molecule has 3 rings (SSSR count).